The van der Waals surface area contributed by atoms with Gasteiger partial charge in [-0.05, 0) is 68.1 Å². The van der Waals surface area contributed by atoms with Crippen LogP contribution in [-0.2, 0) is 14.3 Å². The van der Waals surface area contributed by atoms with Crippen molar-refractivity contribution in [2.45, 2.75) is 77.9 Å². The minimum absolute atomic E-state index is 0.0748. The first-order valence-corrected chi connectivity index (χ1v) is 10.0. The molecule has 0 aromatic carbocycles. The summed E-state index contributed by atoms with van der Waals surface area (Å²) < 4.78 is 6.35. The number of carbonyl (C=O) groups is 2. The smallest absolute Gasteiger partial charge is 0.133 e. The molecule has 5 fully saturated rings. The normalized spacial score (nSPS) is 58.3. The standard InChI is InChI=1S/C21H30O3/c1-11(22)15-6-7-16-14-5-4-12-10-13(23)8-9-20(12,2)17(14)18-19(24-18)21(15,16)3/h12,14-19H,4-10H2,1-3H3/t12-,14+,15-,16+,17-,18+,19+,20+,21-/m1/s1. The van der Waals surface area contributed by atoms with Gasteiger partial charge in [-0.2, -0.15) is 0 Å². The number of epoxide rings is 1. The first-order valence-electron chi connectivity index (χ1n) is 10.0. The second kappa shape index (κ2) is 4.72. The van der Waals surface area contributed by atoms with Crippen LogP contribution < -0.4 is 0 Å². The van der Waals surface area contributed by atoms with Gasteiger partial charge in [-0.25, -0.2) is 0 Å². The van der Waals surface area contributed by atoms with E-state index in [1.807, 2.05) is 0 Å². The van der Waals surface area contributed by atoms with Gasteiger partial charge in [-0.15, -0.1) is 0 Å². The molecule has 0 unspecified atom stereocenters. The van der Waals surface area contributed by atoms with Crippen molar-refractivity contribution in [3.05, 3.63) is 0 Å². The lowest BCUT2D eigenvalue weighted by atomic mass is 9.44. The van der Waals surface area contributed by atoms with Gasteiger partial charge < -0.3 is 4.74 Å². The number of ether oxygens (including phenoxy) is 1. The van der Waals surface area contributed by atoms with E-state index in [9.17, 15) is 9.59 Å². The van der Waals surface area contributed by atoms with Gasteiger partial charge in [0.2, 0.25) is 0 Å². The minimum atomic E-state index is 0.0748. The van der Waals surface area contributed by atoms with Crippen LogP contribution in [-0.4, -0.2) is 23.8 Å². The van der Waals surface area contributed by atoms with Crippen molar-refractivity contribution in [1.29, 1.82) is 0 Å². The highest BCUT2D eigenvalue weighted by molar-refractivity contribution is 5.80. The van der Waals surface area contributed by atoms with Crippen molar-refractivity contribution in [2.24, 2.45) is 40.4 Å². The Bertz CT molecular complexity index is 612. The number of hydrogen-bond acceptors (Lipinski definition) is 3. The van der Waals surface area contributed by atoms with E-state index in [0.717, 1.165) is 25.7 Å². The molecule has 1 aliphatic heterocycles. The molecule has 1 saturated heterocycles. The number of hydrogen-bond donors (Lipinski definition) is 0. The van der Waals surface area contributed by atoms with Crippen LogP contribution in [0.1, 0.15) is 65.7 Å². The lowest BCUT2D eigenvalue weighted by Gasteiger charge is -2.58. The summed E-state index contributed by atoms with van der Waals surface area (Å²) in [5, 5.41) is 0. The van der Waals surface area contributed by atoms with Gasteiger partial charge in [0.05, 0.1) is 12.2 Å². The predicted molar refractivity (Wildman–Crippen MR) is 90.3 cm³/mol. The van der Waals surface area contributed by atoms with Crippen molar-refractivity contribution in [1.82, 2.24) is 0 Å². The van der Waals surface area contributed by atoms with Crippen molar-refractivity contribution in [2.75, 3.05) is 0 Å². The Morgan fingerprint density at radius 3 is 2.71 bits per heavy atom. The molecular weight excluding hydrogens is 300 g/mol. The fraction of sp³-hybridized carbons (Fsp3) is 0.905. The Kier molecular flexibility index (Phi) is 3.06. The number of fused-ring (bicyclic) bond motifs is 8. The van der Waals surface area contributed by atoms with Crippen LogP contribution in [0.3, 0.4) is 0 Å². The third-order valence-electron chi connectivity index (χ3n) is 9.24. The zero-order chi connectivity index (χ0) is 16.9. The summed E-state index contributed by atoms with van der Waals surface area (Å²) in [6.07, 6.45) is 8.00. The average Bonchev–Trinajstić information content (AvgIpc) is 3.24. The third-order valence-corrected chi connectivity index (χ3v) is 9.24. The molecule has 0 aromatic rings. The number of Topliss-reactive ketones (excluding diaryl/α,β-unsaturated/α-hetero) is 2. The molecule has 132 valence electrons. The average molecular weight is 330 g/mol. The summed E-state index contributed by atoms with van der Waals surface area (Å²) in [4.78, 5) is 24.3. The summed E-state index contributed by atoms with van der Waals surface area (Å²) in [6, 6.07) is 0. The molecule has 3 heteroatoms. The number of rotatable bonds is 1. The molecular formula is C21H30O3. The summed E-state index contributed by atoms with van der Waals surface area (Å²) in [6.45, 7) is 6.60. The lowest BCUT2D eigenvalue weighted by Crippen LogP contribution is -2.57. The van der Waals surface area contributed by atoms with E-state index in [-0.39, 0.29) is 16.7 Å². The van der Waals surface area contributed by atoms with Crippen LogP contribution in [0.25, 0.3) is 0 Å². The summed E-state index contributed by atoms with van der Waals surface area (Å²) in [5.41, 5.74) is 0.358. The minimum Gasteiger partial charge on any atom is -0.369 e. The van der Waals surface area contributed by atoms with Crippen molar-refractivity contribution in [3.8, 4) is 0 Å². The molecule has 5 aliphatic rings. The Labute approximate surface area is 144 Å². The SMILES string of the molecule is CC(=O)[C@H]1CC[C@H]2[C@@H]3CC[C@@H]4CC(=O)CC[C@]4(C)[C@H]3[C@@H]3O[C@@H]3[C@]12C. The summed E-state index contributed by atoms with van der Waals surface area (Å²) >= 11 is 0. The van der Waals surface area contributed by atoms with Crippen molar-refractivity contribution < 1.29 is 14.3 Å². The molecule has 0 N–H and O–H groups in total. The molecule has 0 spiro atoms. The third kappa shape index (κ3) is 1.73. The first-order chi connectivity index (χ1) is 11.4. The molecule has 9 atom stereocenters. The lowest BCUT2D eigenvalue weighted by molar-refractivity contribution is -0.138. The van der Waals surface area contributed by atoms with E-state index in [0.29, 0.717) is 47.4 Å². The van der Waals surface area contributed by atoms with Crippen LogP contribution >= 0.6 is 0 Å². The van der Waals surface area contributed by atoms with Crippen LogP contribution in [0, 0.1) is 40.4 Å². The monoisotopic (exact) mass is 330 g/mol. The van der Waals surface area contributed by atoms with Gasteiger partial charge in [0, 0.05) is 24.2 Å². The Balaban J connectivity index is 1.52. The largest absolute Gasteiger partial charge is 0.369 e. The Morgan fingerprint density at radius 1 is 1.17 bits per heavy atom. The molecule has 4 aliphatic carbocycles. The van der Waals surface area contributed by atoms with Crippen LogP contribution in [0.2, 0.25) is 0 Å². The topological polar surface area (TPSA) is 46.7 Å². The van der Waals surface area contributed by atoms with E-state index in [2.05, 4.69) is 13.8 Å². The summed E-state index contributed by atoms with van der Waals surface area (Å²) in [5.74, 6) is 3.60. The Hall–Kier alpha value is -0.700. The zero-order valence-corrected chi connectivity index (χ0v) is 15.2. The van der Waals surface area contributed by atoms with E-state index in [1.54, 1.807) is 6.92 Å². The van der Waals surface area contributed by atoms with E-state index in [4.69, 9.17) is 4.74 Å². The molecule has 0 bridgehead atoms. The van der Waals surface area contributed by atoms with E-state index < -0.39 is 0 Å². The molecule has 24 heavy (non-hydrogen) atoms. The highest BCUT2D eigenvalue weighted by Gasteiger charge is 2.73. The maximum absolute atomic E-state index is 12.3. The quantitative estimate of drug-likeness (QED) is 0.687. The van der Waals surface area contributed by atoms with Gasteiger partial charge in [0.1, 0.15) is 11.6 Å². The highest BCUT2D eigenvalue weighted by atomic mass is 16.6. The molecule has 0 aromatic heterocycles. The predicted octanol–water partition coefficient (Wildman–Crippen LogP) is 3.79. The fourth-order valence-corrected chi connectivity index (χ4v) is 8.08. The zero-order valence-electron chi connectivity index (χ0n) is 15.2. The number of carbonyl (C=O) groups excluding carboxylic acids is 2. The van der Waals surface area contributed by atoms with Gasteiger partial charge in [0.15, 0.2) is 0 Å². The molecule has 5 rings (SSSR count). The van der Waals surface area contributed by atoms with Gasteiger partial charge in [-0.1, -0.05) is 13.8 Å². The van der Waals surface area contributed by atoms with Gasteiger partial charge in [0.25, 0.3) is 0 Å². The second-order valence-electron chi connectivity index (χ2n) is 9.95. The second-order valence-corrected chi connectivity index (χ2v) is 9.95. The molecule has 0 amide bonds. The summed E-state index contributed by atoms with van der Waals surface area (Å²) in [7, 11) is 0. The maximum atomic E-state index is 12.3. The van der Waals surface area contributed by atoms with Crippen molar-refractivity contribution in [3.63, 3.8) is 0 Å². The fourth-order valence-electron chi connectivity index (χ4n) is 8.08. The van der Waals surface area contributed by atoms with Crippen LogP contribution in [0.15, 0.2) is 0 Å². The maximum Gasteiger partial charge on any atom is 0.133 e. The molecule has 4 saturated carbocycles. The van der Waals surface area contributed by atoms with Gasteiger partial charge in [-0.3, -0.25) is 9.59 Å². The van der Waals surface area contributed by atoms with Gasteiger partial charge >= 0.3 is 0 Å². The molecule has 1 heterocycles. The first kappa shape index (κ1) is 15.5. The van der Waals surface area contributed by atoms with E-state index >= 15 is 0 Å². The highest BCUT2D eigenvalue weighted by Crippen LogP contribution is 2.72. The number of ketones is 2. The molecule has 0 radical (unpaired) electrons. The van der Waals surface area contributed by atoms with E-state index in [1.165, 1.54) is 19.3 Å². The van der Waals surface area contributed by atoms with Crippen molar-refractivity contribution >= 4 is 11.6 Å². The van der Waals surface area contributed by atoms with Crippen LogP contribution in [0.4, 0.5) is 0 Å². The Morgan fingerprint density at radius 2 is 1.96 bits per heavy atom. The van der Waals surface area contributed by atoms with Crippen LogP contribution in [0.5, 0.6) is 0 Å². The molecule has 3 nitrogen and oxygen atoms in total.